The highest BCUT2D eigenvalue weighted by Gasteiger charge is 2.12. The van der Waals surface area contributed by atoms with Crippen molar-refractivity contribution in [2.24, 2.45) is 0 Å². The van der Waals surface area contributed by atoms with E-state index in [2.05, 4.69) is 16.3 Å². The van der Waals surface area contributed by atoms with Gasteiger partial charge in [-0.05, 0) is 17.9 Å². The average molecular weight is 197 g/mol. The Balaban J connectivity index is 1.93. The smallest absolute Gasteiger partial charge is 0.110 e. The molecule has 2 heterocycles. The molecule has 0 atom stereocenters. The SMILES string of the molecule is FC1=CCCN(Cc2cccs2)C1. The van der Waals surface area contributed by atoms with Gasteiger partial charge in [-0.2, -0.15) is 0 Å². The van der Waals surface area contributed by atoms with E-state index >= 15 is 0 Å². The third-order valence-corrected chi connectivity index (χ3v) is 3.01. The van der Waals surface area contributed by atoms with Gasteiger partial charge in [-0.25, -0.2) is 4.39 Å². The van der Waals surface area contributed by atoms with Crippen molar-refractivity contribution < 1.29 is 4.39 Å². The molecule has 0 aromatic carbocycles. The van der Waals surface area contributed by atoms with E-state index in [1.54, 1.807) is 17.4 Å². The maximum absolute atomic E-state index is 12.9. The first kappa shape index (κ1) is 8.91. The molecule has 1 aromatic heterocycles. The number of nitrogens with zero attached hydrogens (tertiary/aromatic N) is 1. The molecular weight excluding hydrogens is 185 g/mol. The maximum atomic E-state index is 12.9. The first-order chi connectivity index (χ1) is 6.34. The van der Waals surface area contributed by atoms with Crippen molar-refractivity contribution in [1.29, 1.82) is 0 Å². The van der Waals surface area contributed by atoms with Gasteiger partial charge in [0.1, 0.15) is 5.83 Å². The highest BCUT2D eigenvalue weighted by Crippen LogP contribution is 2.16. The van der Waals surface area contributed by atoms with Crippen molar-refractivity contribution in [2.75, 3.05) is 13.1 Å². The van der Waals surface area contributed by atoms with Crippen LogP contribution in [0.4, 0.5) is 4.39 Å². The van der Waals surface area contributed by atoms with Crippen molar-refractivity contribution in [3.05, 3.63) is 34.3 Å². The van der Waals surface area contributed by atoms with Crippen LogP contribution in [0.1, 0.15) is 11.3 Å². The van der Waals surface area contributed by atoms with E-state index in [9.17, 15) is 4.39 Å². The van der Waals surface area contributed by atoms with Gasteiger partial charge in [0.15, 0.2) is 0 Å². The van der Waals surface area contributed by atoms with Crippen LogP contribution >= 0.6 is 11.3 Å². The third-order valence-electron chi connectivity index (χ3n) is 2.15. The van der Waals surface area contributed by atoms with E-state index in [-0.39, 0.29) is 5.83 Å². The number of hydrogen-bond donors (Lipinski definition) is 0. The number of thiophene rings is 1. The van der Waals surface area contributed by atoms with Gasteiger partial charge >= 0.3 is 0 Å². The Hall–Kier alpha value is -0.670. The van der Waals surface area contributed by atoms with Gasteiger partial charge in [-0.1, -0.05) is 12.1 Å². The minimum atomic E-state index is 0.0165. The molecule has 1 aromatic rings. The van der Waals surface area contributed by atoms with Gasteiger partial charge < -0.3 is 0 Å². The van der Waals surface area contributed by atoms with Gasteiger partial charge in [0.25, 0.3) is 0 Å². The molecule has 0 amide bonds. The predicted octanol–water partition coefficient (Wildman–Crippen LogP) is 2.81. The maximum Gasteiger partial charge on any atom is 0.110 e. The Labute approximate surface area is 81.5 Å². The van der Waals surface area contributed by atoms with Crippen molar-refractivity contribution in [3.8, 4) is 0 Å². The largest absolute Gasteiger partial charge is 0.291 e. The molecule has 2 rings (SSSR count). The summed E-state index contributed by atoms with van der Waals surface area (Å²) in [7, 11) is 0. The molecule has 0 aliphatic carbocycles. The van der Waals surface area contributed by atoms with E-state index in [1.165, 1.54) is 4.88 Å². The van der Waals surface area contributed by atoms with Crippen LogP contribution in [0.15, 0.2) is 29.4 Å². The van der Waals surface area contributed by atoms with Crippen molar-refractivity contribution in [1.82, 2.24) is 4.90 Å². The fourth-order valence-corrected chi connectivity index (χ4v) is 2.27. The molecule has 0 radical (unpaired) electrons. The molecule has 1 nitrogen and oxygen atoms in total. The monoisotopic (exact) mass is 197 g/mol. The summed E-state index contributed by atoms with van der Waals surface area (Å²) >= 11 is 1.73. The van der Waals surface area contributed by atoms with E-state index in [0.717, 1.165) is 19.5 Å². The third kappa shape index (κ3) is 2.39. The average Bonchev–Trinajstić information content (AvgIpc) is 2.57. The molecule has 0 saturated heterocycles. The summed E-state index contributed by atoms with van der Waals surface area (Å²) in [6.07, 6.45) is 2.53. The molecular formula is C10H12FNS. The number of halogens is 1. The highest BCUT2D eigenvalue weighted by atomic mass is 32.1. The Morgan fingerprint density at radius 1 is 1.54 bits per heavy atom. The van der Waals surface area contributed by atoms with Gasteiger partial charge in [-0.3, -0.25) is 4.90 Å². The molecule has 1 aliphatic heterocycles. The lowest BCUT2D eigenvalue weighted by Gasteiger charge is -2.23. The molecule has 0 saturated carbocycles. The van der Waals surface area contributed by atoms with Gasteiger partial charge in [0, 0.05) is 18.0 Å². The normalized spacial score (nSPS) is 18.7. The summed E-state index contributed by atoms with van der Waals surface area (Å²) in [6.45, 7) is 2.35. The summed E-state index contributed by atoms with van der Waals surface area (Å²) in [6, 6.07) is 4.14. The van der Waals surface area contributed by atoms with Crippen LogP contribution in [0.5, 0.6) is 0 Å². The van der Waals surface area contributed by atoms with Crippen molar-refractivity contribution >= 4 is 11.3 Å². The Morgan fingerprint density at radius 2 is 2.46 bits per heavy atom. The Kier molecular flexibility index (Phi) is 2.76. The van der Waals surface area contributed by atoms with Crippen LogP contribution in [0.2, 0.25) is 0 Å². The van der Waals surface area contributed by atoms with Gasteiger partial charge in [0.2, 0.25) is 0 Å². The first-order valence-corrected chi connectivity index (χ1v) is 5.32. The lowest BCUT2D eigenvalue weighted by Crippen LogP contribution is -2.28. The molecule has 0 N–H and O–H groups in total. The zero-order valence-corrected chi connectivity index (χ0v) is 8.19. The fourth-order valence-electron chi connectivity index (χ4n) is 1.52. The van der Waals surface area contributed by atoms with Crippen LogP contribution in [-0.2, 0) is 6.54 Å². The summed E-state index contributed by atoms with van der Waals surface area (Å²) in [5.41, 5.74) is 0. The predicted molar refractivity (Wildman–Crippen MR) is 53.4 cm³/mol. The zero-order chi connectivity index (χ0) is 9.10. The van der Waals surface area contributed by atoms with E-state index in [0.29, 0.717) is 6.54 Å². The second-order valence-electron chi connectivity index (χ2n) is 3.23. The standard InChI is InChI=1S/C10H12FNS/c11-9-3-1-5-12(7-9)8-10-4-2-6-13-10/h2-4,6H,1,5,7-8H2. The summed E-state index contributed by atoms with van der Waals surface area (Å²) in [4.78, 5) is 3.45. The first-order valence-electron chi connectivity index (χ1n) is 4.44. The van der Waals surface area contributed by atoms with Crippen LogP contribution in [0.3, 0.4) is 0 Å². The molecule has 0 fully saturated rings. The number of hydrogen-bond acceptors (Lipinski definition) is 2. The molecule has 70 valence electrons. The topological polar surface area (TPSA) is 3.24 Å². The van der Waals surface area contributed by atoms with Crippen molar-refractivity contribution in [3.63, 3.8) is 0 Å². The molecule has 0 bridgehead atoms. The second-order valence-corrected chi connectivity index (χ2v) is 4.26. The number of rotatable bonds is 2. The second kappa shape index (κ2) is 4.03. The van der Waals surface area contributed by atoms with Crippen LogP contribution in [-0.4, -0.2) is 18.0 Å². The fraction of sp³-hybridized carbons (Fsp3) is 0.400. The van der Waals surface area contributed by atoms with Gasteiger partial charge in [-0.15, -0.1) is 11.3 Å². The molecule has 1 aliphatic rings. The molecule has 13 heavy (non-hydrogen) atoms. The summed E-state index contributed by atoms with van der Waals surface area (Å²) < 4.78 is 12.9. The molecule has 0 unspecified atom stereocenters. The Morgan fingerprint density at radius 3 is 3.15 bits per heavy atom. The minimum Gasteiger partial charge on any atom is -0.291 e. The lowest BCUT2D eigenvalue weighted by molar-refractivity contribution is 0.261. The quantitative estimate of drug-likeness (QED) is 0.704. The highest BCUT2D eigenvalue weighted by molar-refractivity contribution is 7.09. The summed E-state index contributed by atoms with van der Waals surface area (Å²) in [5.74, 6) is 0.0165. The molecule has 3 heteroatoms. The Bertz CT molecular complexity index is 292. The van der Waals surface area contributed by atoms with Crippen LogP contribution < -0.4 is 0 Å². The van der Waals surface area contributed by atoms with E-state index in [1.807, 2.05) is 6.07 Å². The zero-order valence-electron chi connectivity index (χ0n) is 7.37. The van der Waals surface area contributed by atoms with E-state index in [4.69, 9.17) is 0 Å². The lowest BCUT2D eigenvalue weighted by atomic mass is 10.2. The minimum absolute atomic E-state index is 0.0165. The van der Waals surface area contributed by atoms with Crippen LogP contribution in [0.25, 0.3) is 0 Å². The van der Waals surface area contributed by atoms with E-state index < -0.39 is 0 Å². The van der Waals surface area contributed by atoms with Gasteiger partial charge in [0.05, 0.1) is 6.54 Å². The van der Waals surface area contributed by atoms with Crippen molar-refractivity contribution in [2.45, 2.75) is 13.0 Å². The summed E-state index contributed by atoms with van der Waals surface area (Å²) in [5, 5.41) is 2.06. The van der Waals surface area contributed by atoms with Crippen LogP contribution in [0, 0.1) is 0 Å². The molecule has 0 spiro atoms.